The normalized spacial score (nSPS) is 11.8. The molecular weight excluding hydrogens is 362 g/mol. The van der Waals surface area contributed by atoms with Gasteiger partial charge in [-0.1, -0.05) is 84.0 Å². The van der Waals surface area contributed by atoms with Crippen molar-refractivity contribution in [3.63, 3.8) is 0 Å². The van der Waals surface area contributed by atoms with Gasteiger partial charge in [0, 0.05) is 10.8 Å². The molecule has 3 nitrogen and oxygen atoms in total. The van der Waals surface area contributed by atoms with Crippen molar-refractivity contribution in [2.24, 2.45) is 15.9 Å². The first-order valence-corrected chi connectivity index (χ1v) is 9.46. The molecule has 2 N–H and O–H groups in total. The van der Waals surface area contributed by atoms with Crippen molar-refractivity contribution in [2.45, 2.75) is 5.75 Å². The predicted molar refractivity (Wildman–Crippen MR) is 114 cm³/mol. The lowest BCUT2D eigenvalue weighted by Gasteiger charge is -2.03. The summed E-state index contributed by atoms with van der Waals surface area (Å²) in [6.07, 6.45) is 1.70. The van der Waals surface area contributed by atoms with E-state index in [1.54, 1.807) is 6.21 Å². The maximum atomic E-state index is 6.07. The molecule has 0 radical (unpaired) electrons. The summed E-state index contributed by atoms with van der Waals surface area (Å²) < 4.78 is 0. The Balaban J connectivity index is 1.64. The van der Waals surface area contributed by atoms with Gasteiger partial charge in [0.25, 0.3) is 0 Å². The summed E-state index contributed by atoms with van der Waals surface area (Å²) in [6.45, 7) is 0. The van der Waals surface area contributed by atoms with Crippen LogP contribution in [0, 0.1) is 0 Å². The predicted octanol–water partition coefficient (Wildman–Crippen LogP) is 5.59. The topological polar surface area (TPSA) is 50.7 Å². The molecular formula is C21H18ClN3S. The summed E-state index contributed by atoms with van der Waals surface area (Å²) in [5.74, 6) is 0.774. The van der Waals surface area contributed by atoms with Crippen LogP contribution >= 0.6 is 23.4 Å². The quantitative estimate of drug-likeness (QED) is 0.357. The Labute approximate surface area is 162 Å². The van der Waals surface area contributed by atoms with E-state index in [0.29, 0.717) is 5.17 Å². The van der Waals surface area contributed by atoms with Crippen molar-refractivity contribution in [3.05, 3.63) is 95.0 Å². The molecule has 130 valence electrons. The molecule has 0 fully saturated rings. The van der Waals surface area contributed by atoms with Crippen LogP contribution in [0.4, 0.5) is 0 Å². The summed E-state index contributed by atoms with van der Waals surface area (Å²) in [5, 5.41) is 9.31. The molecule has 0 amide bonds. The van der Waals surface area contributed by atoms with E-state index in [2.05, 4.69) is 22.3 Å². The molecule has 0 saturated heterocycles. The molecule has 3 aromatic carbocycles. The Kier molecular flexibility index (Phi) is 6.47. The SMILES string of the molecule is NC(=NN=Cc1cccc(-c2cccc(Cl)c2)c1)SCc1ccccc1. The molecule has 0 heterocycles. The van der Waals surface area contributed by atoms with Crippen LogP contribution in [0.1, 0.15) is 11.1 Å². The van der Waals surface area contributed by atoms with E-state index < -0.39 is 0 Å². The fourth-order valence-corrected chi connectivity index (χ4v) is 3.18. The molecule has 0 bridgehead atoms. The van der Waals surface area contributed by atoms with Crippen molar-refractivity contribution in [3.8, 4) is 11.1 Å². The average Bonchev–Trinajstić information content (AvgIpc) is 2.67. The van der Waals surface area contributed by atoms with Crippen LogP contribution in [0.3, 0.4) is 0 Å². The molecule has 3 aromatic rings. The summed E-state index contributed by atoms with van der Waals surface area (Å²) in [5.41, 5.74) is 10.2. The van der Waals surface area contributed by atoms with Gasteiger partial charge in [-0.05, 0) is 40.5 Å². The van der Waals surface area contributed by atoms with E-state index in [-0.39, 0.29) is 0 Å². The molecule has 0 aliphatic carbocycles. The van der Waals surface area contributed by atoms with Gasteiger partial charge in [-0.15, -0.1) is 5.10 Å². The highest BCUT2D eigenvalue weighted by Crippen LogP contribution is 2.23. The second kappa shape index (κ2) is 9.22. The molecule has 0 saturated carbocycles. The number of amidine groups is 1. The maximum Gasteiger partial charge on any atom is 0.180 e. The molecule has 0 aliphatic rings. The van der Waals surface area contributed by atoms with Crippen LogP contribution in [-0.2, 0) is 5.75 Å². The van der Waals surface area contributed by atoms with Gasteiger partial charge >= 0.3 is 0 Å². The number of nitrogens with zero attached hydrogens (tertiary/aromatic N) is 2. The van der Waals surface area contributed by atoms with Gasteiger partial charge in [0.05, 0.1) is 6.21 Å². The van der Waals surface area contributed by atoms with Gasteiger partial charge in [0.1, 0.15) is 0 Å². The van der Waals surface area contributed by atoms with Crippen LogP contribution in [0.2, 0.25) is 5.02 Å². The van der Waals surface area contributed by atoms with E-state index in [4.69, 9.17) is 17.3 Å². The first kappa shape index (κ1) is 18.2. The minimum atomic E-state index is 0.441. The zero-order valence-corrected chi connectivity index (χ0v) is 15.6. The highest BCUT2D eigenvalue weighted by Gasteiger charge is 1.99. The van der Waals surface area contributed by atoms with Gasteiger partial charge in [0.2, 0.25) is 0 Å². The smallest absolute Gasteiger partial charge is 0.180 e. The Morgan fingerprint density at radius 1 is 0.923 bits per heavy atom. The molecule has 0 spiro atoms. The number of benzene rings is 3. The van der Waals surface area contributed by atoms with E-state index in [1.165, 1.54) is 17.3 Å². The van der Waals surface area contributed by atoms with Crippen molar-refractivity contribution < 1.29 is 0 Å². The van der Waals surface area contributed by atoms with E-state index in [1.807, 2.05) is 66.7 Å². The lowest BCUT2D eigenvalue weighted by molar-refractivity contribution is 1.25. The van der Waals surface area contributed by atoms with Crippen molar-refractivity contribution in [1.29, 1.82) is 0 Å². The third kappa shape index (κ3) is 5.48. The number of thioether (sulfide) groups is 1. The average molecular weight is 380 g/mol. The minimum Gasteiger partial charge on any atom is -0.377 e. The van der Waals surface area contributed by atoms with Gasteiger partial charge in [-0.2, -0.15) is 5.10 Å². The van der Waals surface area contributed by atoms with Gasteiger partial charge in [-0.3, -0.25) is 0 Å². The van der Waals surface area contributed by atoms with Crippen molar-refractivity contribution >= 4 is 34.7 Å². The lowest BCUT2D eigenvalue weighted by atomic mass is 10.0. The molecule has 0 aliphatic heterocycles. The number of rotatable bonds is 5. The van der Waals surface area contributed by atoms with Gasteiger partial charge < -0.3 is 5.73 Å². The van der Waals surface area contributed by atoms with Crippen molar-refractivity contribution in [2.75, 3.05) is 0 Å². The fourth-order valence-electron chi connectivity index (χ4n) is 2.38. The number of hydrogen-bond donors (Lipinski definition) is 1. The van der Waals surface area contributed by atoms with Crippen LogP contribution in [0.5, 0.6) is 0 Å². The Hall–Kier alpha value is -2.56. The van der Waals surface area contributed by atoms with E-state index in [9.17, 15) is 0 Å². The highest BCUT2D eigenvalue weighted by molar-refractivity contribution is 8.13. The summed E-state index contributed by atoms with van der Waals surface area (Å²) in [6, 6.07) is 25.9. The van der Waals surface area contributed by atoms with Crippen LogP contribution < -0.4 is 5.73 Å². The van der Waals surface area contributed by atoms with Crippen LogP contribution in [0.15, 0.2) is 89.1 Å². The zero-order chi connectivity index (χ0) is 18.2. The van der Waals surface area contributed by atoms with Crippen molar-refractivity contribution in [1.82, 2.24) is 0 Å². The second-order valence-corrected chi connectivity index (χ2v) is 7.02. The summed E-state index contributed by atoms with van der Waals surface area (Å²) >= 11 is 7.53. The Morgan fingerprint density at radius 3 is 2.42 bits per heavy atom. The molecule has 0 aromatic heterocycles. The Bertz CT molecular complexity index is 923. The number of hydrogen-bond acceptors (Lipinski definition) is 3. The lowest BCUT2D eigenvalue weighted by Crippen LogP contribution is -2.05. The summed E-state index contributed by atoms with van der Waals surface area (Å²) in [4.78, 5) is 0. The monoisotopic (exact) mass is 379 g/mol. The minimum absolute atomic E-state index is 0.441. The molecule has 5 heteroatoms. The fraction of sp³-hybridized carbons (Fsp3) is 0.0476. The molecule has 0 atom stereocenters. The van der Waals surface area contributed by atoms with E-state index >= 15 is 0 Å². The maximum absolute atomic E-state index is 6.07. The second-order valence-electron chi connectivity index (χ2n) is 5.59. The zero-order valence-electron chi connectivity index (χ0n) is 14.0. The summed E-state index contributed by atoms with van der Waals surface area (Å²) in [7, 11) is 0. The van der Waals surface area contributed by atoms with E-state index in [0.717, 1.165) is 27.5 Å². The number of nitrogens with two attached hydrogens (primary N) is 1. The standard InChI is InChI=1S/C21H18ClN3S/c22-20-11-5-10-19(13-20)18-9-4-8-17(12-18)14-24-25-21(23)26-15-16-6-2-1-3-7-16/h1-14H,15H2,(H2,23,25). The van der Waals surface area contributed by atoms with Gasteiger partial charge in [0.15, 0.2) is 5.17 Å². The first-order valence-electron chi connectivity index (χ1n) is 8.10. The molecule has 3 rings (SSSR count). The molecule has 0 unspecified atom stereocenters. The van der Waals surface area contributed by atoms with Crippen LogP contribution in [-0.4, -0.2) is 11.4 Å². The largest absolute Gasteiger partial charge is 0.377 e. The first-order chi connectivity index (χ1) is 12.7. The van der Waals surface area contributed by atoms with Crippen LogP contribution in [0.25, 0.3) is 11.1 Å². The molecule has 26 heavy (non-hydrogen) atoms. The third-order valence-corrected chi connectivity index (χ3v) is 4.73. The Morgan fingerprint density at radius 2 is 1.65 bits per heavy atom. The number of halogens is 1. The third-order valence-electron chi connectivity index (χ3n) is 3.64. The highest BCUT2D eigenvalue weighted by atomic mass is 35.5. The van der Waals surface area contributed by atoms with Gasteiger partial charge in [-0.25, -0.2) is 0 Å².